The molecule has 0 unspecified atom stereocenters. The SMILES string of the molecule is CCn1nccc1CN(C)C(=O)Cn1nc(C(F)F)c(Br)c1C. The zero-order chi connectivity index (χ0) is 17.1. The Labute approximate surface area is 141 Å². The van der Waals surface area contributed by atoms with E-state index in [-0.39, 0.29) is 22.6 Å². The Morgan fingerprint density at radius 2 is 2.13 bits per heavy atom. The number of rotatable bonds is 6. The van der Waals surface area contributed by atoms with Crippen molar-refractivity contribution in [2.45, 2.75) is 39.9 Å². The normalized spacial score (nSPS) is 11.3. The molecule has 0 fully saturated rings. The summed E-state index contributed by atoms with van der Waals surface area (Å²) in [6.45, 7) is 4.63. The molecule has 2 aromatic heterocycles. The minimum absolute atomic E-state index is 0.0894. The summed E-state index contributed by atoms with van der Waals surface area (Å²) in [5.74, 6) is -0.215. The molecule has 0 saturated heterocycles. The summed E-state index contributed by atoms with van der Waals surface area (Å²) in [6.07, 6.45) is -1.00. The number of aryl methyl sites for hydroxylation is 1. The summed E-state index contributed by atoms with van der Waals surface area (Å²) >= 11 is 3.10. The number of alkyl halides is 2. The Balaban J connectivity index is 2.08. The van der Waals surface area contributed by atoms with Crippen molar-refractivity contribution in [3.63, 3.8) is 0 Å². The van der Waals surface area contributed by atoms with E-state index in [0.717, 1.165) is 5.69 Å². The van der Waals surface area contributed by atoms with E-state index < -0.39 is 6.43 Å². The van der Waals surface area contributed by atoms with E-state index in [0.29, 0.717) is 18.8 Å². The molecular formula is C14H18BrF2N5O. The lowest BCUT2D eigenvalue weighted by molar-refractivity contribution is -0.131. The second-order valence-corrected chi connectivity index (χ2v) is 5.92. The van der Waals surface area contributed by atoms with Crippen molar-refractivity contribution in [2.75, 3.05) is 7.05 Å². The monoisotopic (exact) mass is 389 g/mol. The highest BCUT2D eigenvalue weighted by Gasteiger charge is 2.22. The van der Waals surface area contributed by atoms with Crippen LogP contribution in [0.5, 0.6) is 0 Å². The third-order valence-corrected chi connectivity index (χ3v) is 4.56. The van der Waals surface area contributed by atoms with E-state index >= 15 is 0 Å². The maximum atomic E-state index is 12.8. The van der Waals surface area contributed by atoms with Crippen LogP contribution in [0.1, 0.15) is 30.4 Å². The second-order valence-electron chi connectivity index (χ2n) is 5.13. The average Bonchev–Trinajstić information content (AvgIpc) is 3.06. The van der Waals surface area contributed by atoms with Crippen LogP contribution in [-0.4, -0.2) is 37.4 Å². The second kappa shape index (κ2) is 7.20. The molecule has 0 aliphatic carbocycles. The Kier molecular flexibility index (Phi) is 5.51. The van der Waals surface area contributed by atoms with Crippen LogP contribution in [0.3, 0.4) is 0 Å². The minimum atomic E-state index is -2.68. The Morgan fingerprint density at radius 3 is 2.70 bits per heavy atom. The average molecular weight is 390 g/mol. The maximum Gasteiger partial charge on any atom is 0.283 e. The first-order valence-corrected chi connectivity index (χ1v) is 7.90. The summed E-state index contributed by atoms with van der Waals surface area (Å²) in [6, 6.07) is 1.85. The van der Waals surface area contributed by atoms with Crippen molar-refractivity contribution in [2.24, 2.45) is 0 Å². The van der Waals surface area contributed by atoms with Gasteiger partial charge in [-0.15, -0.1) is 0 Å². The number of amides is 1. The highest BCUT2D eigenvalue weighted by atomic mass is 79.9. The van der Waals surface area contributed by atoms with Gasteiger partial charge >= 0.3 is 0 Å². The zero-order valence-electron chi connectivity index (χ0n) is 13.1. The molecule has 0 aliphatic rings. The van der Waals surface area contributed by atoms with Gasteiger partial charge in [-0.3, -0.25) is 14.2 Å². The maximum absolute atomic E-state index is 12.8. The molecule has 2 aromatic rings. The quantitative estimate of drug-likeness (QED) is 0.762. The van der Waals surface area contributed by atoms with Crippen LogP contribution in [0, 0.1) is 6.92 Å². The number of carbonyl (C=O) groups excluding carboxylic acids is 1. The van der Waals surface area contributed by atoms with Crippen LogP contribution in [0.4, 0.5) is 8.78 Å². The smallest absolute Gasteiger partial charge is 0.283 e. The molecule has 23 heavy (non-hydrogen) atoms. The van der Waals surface area contributed by atoms with E-state index in [2.05, 4.69) is 26.1 Å². The first-order chi connectivity index (χ1) is 10.8. The predicted molar refractivity (Wildman–Crippen MR) is 84.0 cm³/mol. The van der Waals surface area contributed by atoms with Gasteiger partial charge in [0.05, 0.1) is 22.4 Å². The third-order valence-electron chi connectivity index (χ3n) is 3.58. The predicted octanol–water partition coefficient (Wildman–Crippen LogP) is 2.77. The molecule has 0 saturated carbocycles. The molecule has 0 radical (unpaired) electrons. The molecule has 0 aromatic carbocycles. The summed E-state index contributed by atoms with van der Waals surface area (Å²) in [5.41, 5.74) is 1.07. The number of hydrogen-bond acceptors (Lipinski definition) is 3. The van der Waals surface area contributed by atoms with E-state index in [4.69, 9.17) is 0 Å². The van der Waals surface area contributed by atoms with Gasteiger partial charge < -0.3 is 4.90 Å². The fourth-order valence-electron chi connectivity index (χ4n) is 2.20. The molecule has 0 atom stereocenters. The molecule has 2 heterocycles. The van der Waals surface area contributed by atoms with Gasteiger partial charge in [0.15, 0.2) is 0 Å². The fourth-order valence-corrected chi connectivity index (χ4v) is 2.66. The molecule has 6 nitrogen and oxygen atoms in total. The van der Waals surface area contributed by atoms with Crippen LogP contribution in [0.25, 0.3) is 0 Å². The highest BCUT2D eigenvalue weighted by molar-refractivity contribution is 9.10. The molecule has 2 rings (SSSR count). The zero-order valence-corrected chi connectivity index (χ0v) is 14.7. The van der Waals surface area contributed by atoms with Crippen molar-refractivity contribution in [1.29, 1.82) is 0 Å². The first kappa shape index (κ1) is 17.6. The Bertz CT molecular complexity index is 697. The number of nitrogens with zero attached hydrogens (tertiary/aromatic N) is 5. The van der Waals surface area contributed by atoms with Crippen LogP contribution in [0.2, 0.25) is 0 Å². The molecule has 9 heteroatoms. The molecule has 0 bridgehead atoms. The highest BCUT2D eigenvalue weighted by Crippen LogP contribution is 2.28. The van der Waals surface area contributed by atoms with Crippen molar-refractivity contribution >= 4 is 21.8 Å². The van der Waals surface area contributed by atoms with Gasteiger partial charge in [0, 0.05) is 19.8 Å². The minimum Gasteiger partial charge on any atom is -0.338 e. The van der Waals surface area contributed by atoms with Crippen molar-refractivity contribution in [3.8, 4) is 0 Å². The standard InChI is InChI=1S/C14H18BrF2N5O/c1-4-21-10(5-6-18-21)7-20(3)11(23)8-22-9(2)12(15)13(19-22)14(16)17/h5-6,14H,4,7-8H2,1-3H3. The number of hydrogen-bond donors (Lipinski definition) is 0. The number of aromatic nitrogens is 4. The van der Waals surface area contributed by atoms with Gasteiger partial charge in [-0.2, -0.15) is 10.2 Å². The molecule has 0 aliphatic heterocycles. The largest absolute Gasteiger partial charge is 0.338 e. The summed E-state index contributed by atoms with van der Waals surface area (Å²) in [7, 11) is 1.66. The van der Waals surface area contributed by atoms with Crippen LogP contribution >= 0.6 is 15.9 Å². The van der Waals surface area contributed by atoms with Crippen molar-refractivity contribution in [3.05, 3.63) is 33.8 Å². The number of halogens is 3. The van der Waals surface area contributed by atoms with E-state index in [1.807, 2.05) is 13.0 Å². The van der Waals surface area contributed by atoms with E-state index in [1.165, 1.54) is 9.58 Å². The molecule has 0 N–H and O–H groups in total. The summed E-state index contributed by atoms with van der Waals surface area (Å²) in [4.78, 5) is 13.8. The van der Waals surface area contributed by atoms with Gasteiger partial charge in [-0.25, -0.2) is 8.78 Å². The summed E-state index contributed by atoms with van der Waals surface area (Å²) < 4.78 is 29.0. The van der Waals surface area contributed by atoms with Crippen LogP contribution < -0.4 is 0 Å². The van der Waals surface area contributed by atoms with Crippen LogP contribution in [0.15, 0.2) is 16.7 Å². The molecule has 0 spiro atoms. The lowest BCUT2D eigenvalue weighted by atomic mass is 10.3. The van der Waals surface area contributed by atoms with E-state index in [1.54, 1.807) is 24.9 Å². The lowest BCUT2D eigenvalue weighted by Crippen LogP contribution is -2.31. The fraction of sp³-hybridized carbons (Fsp3) is 0.500. The van der Waals surface area contributed by atoms with Gasteiger partial charge in [0.2, 0.25) is 5.91 Å². The molecular weight excluding hydrogens is 372 g/mol. The lowest BCUT2D eigenvalue weighted by Gasteiger charge is -2.18. The topological polar surface area (TPSA) is 56.0 Å². The Hall–Kier alpha value is -1.77. The van der Waals surface area contributed by atoms with Crippen molar-refractivity contribution < 1.29 is 13.6 Å². The molecule has 1 amide bonds. The van der Waals surface area contributed by atoms with Crippen molar-refractivity contribution in [1.82, 2.24) is 24.5 Å². The van der Waals surface area contributed by atoms with E-state index in [9.17, 15) is 13.6 Å². The van der Waals surface area contributed by atoms with Crippen LogP contribution in [-0.2, 0) is 24.4 Å². The van der Waals surface area contributed by atoms with Gasteiger partial charge in [-0.1, -0.05) is 0 Å². The number of likely N-dealkylation sites (N-methyl/N-ethyl adjacent to an activating group) is 1. The summed E-state index contributed by atoms with van der Waals surface area (Å²) in [5, 5.41) is 7.97. The Morgan fingerprint density at radius 1 is 1.43 bits per heavy atom. The number of carbonyl (C=O) groups is 1. The van der Waals surface area contributed by atoms with Gasteiger partial charge in [0.25, 0.3) is 6.43 Å². The third kappa shape index (κ3) is 3.77. The van der Waals surface area contributed by atoms with Gasteiger partial charge in [0.1, 0.15) is 12.2 Å². The van der Waals surface area contributed by atoms with Gasteiger partial charge in [-0.05, 0) is 35.8 Å². The molecule has 126 valence electrons. The first-order valence-electron chi connectivity index (χ1n) is 7.10.